The average molecular weight is 284 g/mol. The summed E-state index contributed by atoms with van der Waals surface area (Å²) in [5.74, 6) is 0.921. The van der Waals surface area contributed by atoms with Crippen LogP contribution in [-0.2, 0) is 6.54 Å². The lowest BCUT2D eigenvalue weighted by molar-refractivity contribution is 0.262. The predicted octanol–water partition coefficient (Wildman–Crippen LogP) is 0.848. The topological polar surface area (TPSA) is 58.9 Å². The SMILES string of the molecule is c1ccc(-n2nnnc2CN2CCC3(CCNC3)C2)cc1. The summed E-state index contributed by atoms with van der Waals surface area (Å²) in [5.41, 5.74) is 1.51. The molecular weight excluding hydrogens is 264 g/mol. The Hall–Kier alpha value is -1.79. The van der Waals surface area contributed by atoms with E-state index in [0.29, 0.717) is 5.41 Å². The van der Waals surface area contributed by atoms with E-state index in [-0.39, 0.29) is 0 Å². The fourth-order valence-corrected chi connectivity index (χ4v) is 3.58. The van der Waals surface area contributed by atoms with Crippen LogP contribution in [0.1, 0.15) is 18.7 Å². The summed E-state index contributed by atoms with van der Waals surface area (Å²) >= 11 is 0. The Balaban J connectivity index is 1.50. The van der Waals surface area contributed by atoms with Crippen LogP contribution in [0.4, 0.5) is 0 Å². The molecule has 1 spiro atoms. The molecule has 1 aromatic carbocycles. The lowest BCUT2D eigenvalue weighted by atomic mass is 9.87. The highest BCUT2D eigenvalue weighted by atomic mass is 15.5. The van der Waals surface area contributed by atoms with Crippen LogP contribution in [0, 0.1) is 5.41 Å². The summed E-state index contributed by atoms with van der Waals surface area (Å²) in [4.78, 5) is 2.48. The molecule has 2 fully saturated rings. The molecule has 0 aliphatic carbocycles. The van der Waals surface area contributed by atoms with E-state index >= 15 is 0 Å². The zero-order valence-corrected chi connectivity index (χ0v) is 12.1. The Bertz CT molecular complexity index is 602. The van der Waals surface area contributed by atoms with Crippen LogP contribution in [-0.4, -0.2) is 51.3 Å². The third-order valence-corrected chi connectivity index (χ3v) is 4.75. The summed E-state index contributed by atoms with van der Waals surface area (Å²) in [5, 5.41) is 15.7. The lowest BCUT2D eigenvalue weighted by Crippen LogP contribution is -2.29. The third kappa shape index (κ3) is 2.45. The molecule has 2 aliphatic rings. The quantitative estimate of drug-likeness (QED) is 0.905. The molecule has 2 aromatic rings. The number of rotatable bonds is 3. The maximum absolute atomic E-state index is 4.22. The van der Waals surface area contributed by atoms with Crippen LogP contribution in [0.5, 0.6) is 0 Å². The number of tetrazole rings is 1. The number of benzene rings is 1. The number of hydrogen-bond acceptors (Lipinski definition) is 5. The minimum Gasteiger partial charge on any atom is -0.316 e. The minimum absolute atomic E-state index is 0.491. The zero-order valence-electron chi connectivity index (χ0n) is 12.1. The maximum atomic E-state index is 4.22. The second-order valence-electron chi connectivity index (χ2n) is 6.23. The van der Waals surface area contributed by atoms with Crippen molar-refractivity contribution in [1.82, 2.24) is 30.4 Å². The molecule has 1 unspecified atom stereocenters. The van der Waals surface area contributed by atoms with Gasteiger partial charge in [0.1, 0.15) is 0 Å². The van der Waals surface area contributed by atoms with Crippen LogP contribution < -0.4 is 5.32 Å². The van der Waals surface area contributed by atoms with E-state index in [1.54, 1.807) is 0 Å². The van der Waals surface area contributed by atoms with E-state index in [1.807, 2.05) is 35.0 Å². The van der Waals surface area contributed by atoms with Gasteiger partial charge < -0.3 is 5.32 Å². The van der Waals surface area contributed by atoms with Crippen molar-refractivity contribution in [2.75, 3.05) is 26.2 Å². The monoisotopic (exact) mass is 284 g/mol. The van der Waals surface area contributed by atoms with E-state index in [9.17, 15) is 0 Å². The van der Waals surface area contributed by atoms with Crippen molar-refractivity contribution < 1.29 is 0 Å². The predicted molar refractivity (Wildman–Crippen MR) is 79.0 cm³/mol. The fourth-order valence-electron chi connectivity index (χ4n) is 3.58. The van der Waals surface area contributed by atoms with Crippen molar-refractivity contribution in [1.29, 1.82) is 0 Å². The normalized spacial score (nSPS) is 25.9. The Morgan fingerprint density at radius 3 is 2.90 bits per heavy atom. The number of nitrogens with one attached hydrogen (secondary N) is 1. The first-order chi connectivity index (χ1) is 10.3. The van der Waals surface area contributed by atoms with Gasteiger partial charge >= 0.3 is 0 Å². The van der Waals surface area contributed by atoms with Crippen molar-refractivity contribution in [2.45, 2.75) is 19.4 Å². The number of hydrogen-bond donors (Lipinski definition) is 1. The minimum atomic E-state index is 0.491. The molecule has 6 nitrogen and oxygen atoms in total. The number of likely N-dealkylation sites (tertiary alicyclic amines) is 1. The molecule has 1 N–H and O–H groups in total. The van der Waals surface area contributed by atoms with Gasteiger partial charge in [-0.25, -0.2) is 0 Å². The molecule has 6 heteroatoms. The molecular formula is C15H20N6. The lowest BCUT2D eigenvalue weighted by Gasteiger charge is -2.22. The Kier molecular flexibility index (Phi) is 3.20. The van der Waals surface area contributed by atoms with Crippen LogP contribution in [0.25, 0.3) is 5.69 Å². The van der Waals surface area contributed by atoms with Crippen LogP contribution in [0.2, 0.25) is 0 Å². The number of nitrogens with zero attached hydrogens (tertiary/aromatic N) is 5. The highest BCUT2D eigenvalue weighted by molar-refractivity contribution is 5.30. The van der Waals surface area contributed by atoms with Gasteiger partial charge in [-0.15, -0.1) is 5.10 Å². The average Bonchev–Trinajstić information content (AvgIpc) is 3.24. The zero-order chi connectivity index (χ0) is 14.1. The highest BCUT2D eigenvalue weighted by Crippen LogP contribution is 2.36. The standard InChI is InChI=1S/C15H20N6/c1-2-4-13(5-3-1)21-14(17-18-19-21)10-20-9-7-15(12-20)6-8-16-11-15/h1-5,16H,6-12H2. The molecule has 0 amide bonds. The molecule has 21 heavy (non-hydrogen) atoms. The largest absolute Gasteiger partial charge is 0.316 e. The van der Waals surface area contributed by atoms with Crippen molar-refractivity contribution in [3.05, 3.63) is 36.2 Å². The van der Waals surface area contributed by atoms with Crippen molar-refractivity contribution in [3.63, 3.8) is 0 Å². The summed E-state index contributed by atoms with van der Waals surface area (Å²) in [6, 6.07) is 10.1. The van der Waals surface area contributed by atoms with Gasteiger partial charge in [0.25, 0.3) is 0 Å². The van der Waals surface area contributed by atoms with Gasteiger partial charge in [-0.05, 0) is 53.9 Å². The highest BCUT2D eigenvalue weighted by Gasteiger charge is 2.40. The molecule has 3 heterocycles. The summed E-state index contributed by atoms with van der Waals surface area (Å²) in [6.45, 7) is 5.44. The van der Waals surface area contributed by atoms with E-state index in [4.69, 9.17) is 0 Å². The molecule has 0 radical (unpaired) electrons. The van der Waals surface area contributed by atoms with Gasteiger partial charge in [-0.1, -0.05) is 18.2 Å². The van der Waals surface area contributed by atoms with Gasteiger partial charge in [0.15, 0.2) is 5.82 Å². The third-order valence-electron chi connectivity index (χ3n) is 4.75. The fraction of sp³-hybridized carbons (Fsp3) is 0.533. The van der Waals surface area contributed by atoms with Crippen LogP contribution in [0.15, 0.2) is 30.3 Å². The second-order valence-corrected chi connectivity index (χ2v) is 6.23. The van der Waals surface area contributed by atoms with Crippen LogP contribution >= 0.6 is 0 Å². The van der Waals surface area contributed by atoms with E-state index < -0.39 is 0 Å². The van der Waals surface area contributed by atoms with E-state index in [2.05, 4.69) is 25.7 Å². The summed E-state index contributed by atoms with van der Waals surface area (Å²) < 4.78 is 1.85. The van der Waals surface area contributed by atoms with Gasteiger partial charge in [0.2, 0.25) is 0 Å². The smallest absolute Gasteiger partial charge is 0.170 e. The first-order valence-corrected chi connectivity index (χ1v) is 7.61. The van der Waals surface area contributed by atoms with Crippen molar-refractivity contribution in [2.24, 2.45) is 5.41 Å². The Morgan fingerprint density at radius 2 is 2.10 bits per heavy atom. The molecule has 1 atom stereocenters. The van der Waals surface area contributed by atoms with Gasteiger partial charge in [-0.2, -0.15) is 4.68 Å². The van der Waals surface area contributed by atoms with Gasteiger partial charge in [0, 0.05) is 13.1 Å². The van der Waals surface area contributed by atoms with E-state index in [0.717, 1.165) is 44.2 Å². The molecule has 1 aromatic heterocycles. The number of aromatic nitrogens is 4. The van der Waals surface area contributed by atoms with E-state index in [1.165, 1.54) is 12.8 Å². The van der Waals surface area contributed by atoms with Crippen molar-refractivity contribution in [3.8, 4) is 5.69 Å². The summed E-state index contributed by atoms with van der Waals surface area (Å²) in [7, 11) is 0. The van der Waals surface area contributed by atoms with Crippen LogP contribution in [0.3, 0.4) is 0 Å². The first kappa shape index (κ1) is 12.9. The second kappa shape index (κ2) is 5.20. The number of para-hydroxylation sites is 1. The van der Waals surface area contributed by atoms with Gasteiger partial charge in [0.05, 0.1) is 12.2 Å². The molecule has 0 saturated carbocycles. The summed E-state index contributed by atoms with van der Waals surface area (Å²) in [6.07, 6.45) is 2.58. The molecule has 2 aliphatic heterocycles. The molecule has 4 rings (SSSR count). The first-order valence-electron chi connectivity index (χ1n) is 7.61. The molecule has 110 valence electrons. The molecule has 2 saturated heterocycles. The Morgan fingerprint density at radius 1 is 1.19 bits per heavy atom. The molecule has 0 bridgehead atoms. The maximum Gasteiger partial charge on any atom is 0.170 e. The Labute approximate surface area is 124 Å². The van der Waals surface area contributed by atoms with Crippen molar-refractivity contribution >= 4 is 0 Å². The van der Waals surface area contributed by atoms with Gasteiger partial charge in [-0.3, -0.25) is 4.90 Å².